The number of fused-ring (bicyclic) bond motifs is 1. The van der Waals surface area contributed by atoms with Crippen LogP contribution in [0.25, 0.3) is 10.9 Å². The molecule has 5 rings (SSSR count). The SMILES string of the molecule is CCN1CCN(c2nc(NC(c3ccccc3)c3ccc(C)cc3)c3cn(C(C)C)c(O)c3n2)CC1. The van der Waals surface area contributed by atoms with E-state index in [4.69, 9.17) is 9.97 Å². The van der Waals surface area contributed by atoms with Gasteiger partial charge in [-0.3, -0.25) is 0 Å². The number of benzene rings is 2. The molecule has 4 aromatic rings. The van der Waals surface area contributed by atoms with Crippen molar-refractivity contribution < 1.29 is 5.11 Å². The van der Waals surface area contributed by atoms with Crippen LogP contribution < -0.4 is 10.2 Å². The third-order valence-electron chi connectivity index (χ3n) is 7.14. The Bertz CT molecular complexity index is 1310. The summed E-state index contributed by atoms with van der Waals surface area (Å²) in [6.45, 7) is 13.2. The first kappa shape index (κ1) is 24.1. The number of likely N-dealkylation sites (N-methyl/N-ethyl adjacent to an activating group) is 1. The van der Waals surface area contributed by atoms with Gasteiger partial charge >= 0.3 is 0 Å². The molecule has 2 N–H and O–H groups in total. The number of piperazine rings is 1. The fourth-order valence-corrected chi connectivity index (χ4v) is 4.88. The van der Waals surface area contributed by atoms with Gasteiger partial charge in [0.05, 0.1) is 11.4 Å². The molecule has 1 aliphatic rings. The van der Waals surface area contributed by atoms with Gasteiger partial charge in [-0.05, 0) is 38.4 Å². The Morgan fingerprint density at radius 2 is 1.58 bits per heavy atom. The highest BCUT2D eigenvalue weighted by Crippen LogP contribution is 2.36. The molecule has 1 atom stereocenters. The summed E-state index contributed by atoms with van der Waals surface area (Å²) in [6, 6.07) is 19.1. The van der Waals surface area contributed by atoms with E-state index < -0.39 is 0 Å². The lowest BCUT2D eigenvalue weighted by Crippen LogP contribution is -2.46. The van der Waals surface area contributed by atoms with Crippen LogP contribution in [0.3, 0.4) is 0 Å². The molecule has 2 aromatic carbocycles. The third kappa shape index (κ3) is 4.75. The standard InChI is InChI=1S/C29H36N6O/c1-5-33-15-17-34(18-16-33)29-31-26-24(19-35(20(2)3)28(26)36)27(32-29)30-25(22-9-7-6-8-10-22)23-13-11-21(4)12-14-23/h6-14,19-20,25,36H,5,15-18H2,1-4H3,(H,30,31,32). The van der Waals surface area contributed by atoms with Gasteiger partial charge < -0.3 is 24.8 Å². The summed E-state index contributed by atoms with van der Waals surface area (Å²) in [6.07, 6.45) is 1.97. The molecule has 1 aliphatic heterocycles. The summed E-state index contributed by atoms with van der Waals surface area (Å²) >= 11 is 0. The average molecular weight is 485 g/mol. The second-order valence-corrected chi connectivity index (χ2v) is 9.91. The van der Waals surface area contributed by atoms with Crippen molar-refractivity contribution in [2.45, 2.75) is 39.8 Å². The number of aromatic nitrogens is 3. The Labute approximate surface area is 213 Å². The van der Waals surface area contributed by atoms with Gasteiger partial charge in [-0.15, -0.1) is 0 Å². The van der Waals surface area contributed by atoms with Gasteiger partial charge in [0.2, 0.25) is 11.8 Å². The van der Waals surface area contributed by atoms with Crippen molar-refractivity contribution in [2.75, 3.05) is 42.9 Å². The van der Waals surface area contributed by atoms with E-state index in [0.29, 0.717) is 11.5 Å². The van der Waals surface area contributed by atoms with E-state index >= 15 is 0 Å². The number of anilines is 2. The largest absolute Gasteiger partial charge is 0.493 e. The minimum Gasteiger partial charge on any atom is -0.493 e. The van der Waals surface area contributed by atoms with Crippen LogP contribution in [-0.4, -0.2) is 57.3 Å². The Morgan fingerprint density at radius 3 is 2.22 bits per heavy atom. The maximum Gasteiger partial charge on any atom is 0.228 e. The Hall–Kier alpha value is -3.58. The van der Waals surface area contributed by atoms with Crippen LogP contribution in [0.4, 0.5) is 11.8 Å². The first-order valence-electron chi connectivity index (χ1n) is 12.9. The lowest BCUT2D eigenvalue weighted by molar-refractivity contribution is 0.270. The van der Waals surface area contributed by atoms with Crippen LogP contribution in [0.5, 0.6) is 5.88 Å². The zero-order chi connectivity index (χ0) is 25.2. The molecule has 1 fully saturated rings. The summed E-state index contributed by atoms with van der Waals surface area (Å²) in [5, 5.41) is 15.7. The molecule has 188 valence electrons. The van der Waals surface area contributed by atoms with Crippen LogP contribution in [0, 0.1) is 6.92 Å². The fraction of sp³-hybridized carbons (Fsp3) is 0.379. The molecule has 7 heteroatoms. The monoisotopic (exact) mass is 484 g/mol. The molecule has 0 saturated carbocycles. The topological polar surface area (TPSA) is 69.5 Å². The molecular weight excluding hydrogens is 448 g/mol. The molecule has 1 unspecified atom stereocenters. The molecule has 0 spiro atoms. The fourth-order valence-electron chi connectivity index (χ4n) is 4.88. The zero-order valence-electron chi connectivity index (χ0n) is 21.6. The predicted molar refractivity (Wildman–Crippen MR) is 147 cm³/mol. The maximum absolute atomic E-state index is 11.1. The van der Waals surface area contributed by atoms with Gasteiger partial charge in [-0.1, -0.05) is 67.1 Å². The highest BCUT2D eigenvalue weighted by molar-refractivity contribution is 5.94. The zero-order valence-corrected chi connectivity index (χ0v) is 21.6. The van der Waals surface area contributed by atoms with E-state index in [9.17, 15) is 5.11 Å². The first-order chi connectivity index (χ1) is 17.4. The Morgan fingerprint density at radius 1 is 0.917 bits per heavy atom. The number of hydrogen-bond donors (Lipinski definition) is 2. The van der Waals surface area contributed by atoms with Crippen molar-refractivity contribution in [3.05, 3.63) is 77.5 Å². The normalized spacial score (nSPS) is 15.5. The smallest absolute Gasteiger partial charge is 0.228 e. The van der Waals surface area contributed by atoms with Crippen molar-refractivity contribution in [3.8, 4) is 5.88 Å². The lowest BCUT2D eigenvalue weighted by atomic mass is 9.97. The maximum atomic E-state index is 11.1. The van der Waals surface area contributed by atoms with Crippen molar-refractivity contribution in [1.29, 1.82) is 0 Å². The minimum absolute atomic E-state index is 0.0979. The second kappa shape index (κ2) is 10.2. The van der Waals surface area contributed by atoms with E-state index in [1.807, 2.05) is 16.8 Å². The van der Waals surface area contributed by atoms with Crippen LogP contribution >= 0.6 is 0 Å². The van der Waals surface area contributed by atoms with E-state index in [2.05, 4.69) is 91.3 Å². The molecule has 0 amide bonds. The van der Waals surface area contributed by atoms with Gasteiger partial charge in [0.15, 0.2) is 0 Å². The van der Waals surface area contributed by atoms with E-state index in [-0.39, 0.29) is 18.0 Å². The van der Waals surface area contributed by atoms with Crippen LogP contribution in [-0.2, 0) is 0 Å². The van der Waals surface area contributed by atoms with Gasteiger partial charge in [0, 0.05) is 38.4 Å². The molecule has 0 aliphatic carbocycles. The third-order valence-corrected chi connectivity index (χ3v) is 7.14. The molecule has 2 aromatic heterocycles. The Balaban J connectivity index is 1.61. The van der Waals surface area contributed by atoms with Crippen LogP contribution in [0.15, 0.2) is 60.8 Å². The summed E-state index contributed by atoms with van der Waals surface area (Å²) in [5.74, 6) is 1.58. The molecule has 0 radical (unpaired) electrons. The average Bonchev–Trinajstić information content (AvgIpc) is 3.25. The van der Waals surface area contributed by atoms with E-state index in [0.717, 1.165) is 55.1 Å². The summed E-state index contributed by atoms with van der Waals surface area (Å²) in [7, 11) is 0. The molecule has 0 bridgehead atoms. The van der Waals surface area contributed by atoms with Crippen molar-refractivity contribution in [2.24, 2.45) is 0 Å². The Kier molecular flexibility index (Phi) is 6.83. The van der Waals surface area contributed by atoms with Gasteiger partial charge in [0.25, 0.3) is 0 Å². The lowest BCUT2D eigenvalue weighted by Gasteiger charge is -2.34. The molecule has 3 heterocycles. The first-order valence-corrected chi connectivity index (χ1v) is 12.9. The van der Waals surface area contributed by atoms with Crippen molar-refractivity contribution in [1.82, 2.24) is 19.4 Å². The summed E-state index contributed by atoms with van der Waals surface area (Å²) < 4.78 is 1.87. The summed E-state index contributed by atoms with van der Waals surface area (Å²) in [5.41, 5.74) is 4.12. The molecule has 7 nitrogen and oxygen atoms in total. The predicted octanol–water partition coefficient (Wildman–Crippen LogP) is 5.37. The van der Waals surface area contributed by atoms with Gasteiger partial charge in [-0.25, -0.2) is 4.98 Å². The number of nitrogens with one attached hydrogen (secondary N) is 1. The van der Waals surface area contributed by atoms with E-state index in [1.54, 1.807) is 0 Å². The minimum atomic E-state index is -0.0979. The van der Waals surface area contributed by atoms with Gasteiger partial charge in [-0.2, -0.15) is 4.98 Å². The number of hydrogen-bond acceptors (Lipinski definition) is 6. The van der Waals surface area contributed by atoms with Crippen LogP contribution in [0.2, 0.25) is 0 Å². The van der Waals surface area contributed by atoms with E-state index in [1.165, 1.54) is 5.56 Å². The second-order valence-electron chi connectivity index (χ2n) is 9.91. The highest BCUT2D eigenvalue weighted by atomic mass is 16.3. The van der Waals surface area contributed by atoms with Gasteiger partial charge in [0.1, 0.15) is 11.3 Å². The number of aromatic hydroxyl groups is 1. The number of nitrogens with zero attached hydrogens (tertiary/aromatic N) is 5. The highest BCUT2D eigenvalue weighted by Gasteiger charge is 2.24. The molecule has 1 saturated heterocycles. The number of aryl methyl sites for hydroxylation is 1. The molecule has 36 heavy (non-hydrogen) atoms. The number of rotatable bonds is 7. The van der Waals surface area contributed by atoms with Crippen molar-refractivity contribution >= 4 is 22.7 Å². The summed E-state index contributed by atoms with van der Waals surface area (Å²) in [4.78, 5) is 14.6. The molecular formula is C29H36N6O. The van der Waals surface area contributed by atoms with Crippen LogP contribution in [0.1, 0.15) is 49.5 Å². The van der Waals surface area contributed by atoms with Crippen molar-refractivity contribution in [3.63, 3.8) is 0 Å². The quantitative estimate of drug-likeness (QED) is 0.368.